The Kier molecular flexibility index (Phi) is 5.77. The number of nitrogens with one attached hydrogen (secondary N) is 2. The Morgan fingerprint density at radius 3 is 2.36 bits per heavy atom. The van der Waals surface area contributed by atoms with Gasteiger partial charge >= 0.3 is 0 Å². The van der Waals surface area contributed by atoms with Gasteiger partial charge in [0, 0.05) is 6.04 Å². The molecule has 0 aliphatic heterocycles. The quantitative estimate of drug-likeness (QED) is 0.661. The second-order valence-corrected chi connectivity index (χ2v) is 4.83. The molecular formula is C11H24N2O. The standard InChI is InChI=1S/C11H24N2O/c1-6-7-12-8-10(14)13-9(2)11(3,4)5/h9,12H,6-8H2,1-5H3,(H,13,14). The second-order valence-electron chi connectivity index (χ2n) is 4.83. The molecule has 0 spiro atoms. The van der Waals surface area contributed by atoms with E-state index in [1.54, 1.807) is 0 Å². The molecule has 1 atom stereocenters. The maximum atomic E-state index is 11.4. The lowest BCUT2D eigenvalue weighted by Gasteiger charge is -2.28. The fourth-order valence-corrected chi connectivity index (χ4v) is 0.888. The largest absolute Gasteiger partial charge is 0.352 e. The van der Waals surface area contributed by atoms with Crippen LogP contribution in [-0.2, 0) is 4.79 Å². The summed E-state index contributed by atoms with van der Waals surface area (Å²) in [6.07, 6.45) is 1.06. The molecule has 0 bridgehead atoms. The van der Waals surface area contributed by atoms with Crippen LogP contribution in [0.2, 0.25) is 0 Å². The zero-order chi connectivity index (χ0) is 11.2. The van der Waals surface area contributed by atoms with Crippen molar-refractivity contribution in [3.63, 3.8) is 0 Å². The van der Waals surface area contributed by atoms with Crippen LogP contribution in [0, 0.1) is 5.41 Å². The minimum Gasteiger partial charge on any atom is -0.352 e. The van der Waals surface area contributed by atoms with Crippen molar-refractivity contribution in [2.45, 2.75) is 47.1 Å². The molecule has 3 nitrogen and oxygen atoms in total. The zero-order valence-corrected chi connectivity index (χ0v) is 10.1. The van der Waals surface area contributed by atoms with Crippen LogP contribution in [-0.4, -0.2) is 25.0 Å². The maximum Gasteiger partial charge on any atom is 0.234 e. The first-order chi connectivity index (χ1) is 6.38. The van der Waals surface area contributed by atoms with Crippen LogP contribution in [0.3, 0.4) is 0 Å². The van der Waals surface area contributed by atoms with E-state index in [2.05, 4.69) is 38.3 Å². The molecule has 0 aliphatic carbocycles. The average Bonchev–Trinajstić information content (AvgIpc) is 2.03. The van der Waals surface area contributed by atoms with Crippen molar-refractivity contribution in [2.24, 2.45) is 5.41 Å². The van der Waals surface area contributed by atoms with Gasteiger partial charge < -0.3 is 10.6 Å². The van der Waals surface area contributed by atoms with Gasteiger partial charge in [0.05, 0.1) is 6.54 Å². The molecule has 2 N–H and O–H groups in total. The zero-order valence-electron chi connectivity index (χ0n) is 10.1. The predicted octanol–water partition coefficient (Wildman–Crippen LogP) is 1.54. The van der Waals surface area contributed by atoms with Crippen molar-refractivity contribution in [2.75, 3.05) is 13.1 Å². The summed E-state index contributed by atoms with van der Waals surface area (Å²) < 4.78 is 0. The van der Waals surface area contributed by atoms with Crippen LogP contribution >= 0.6 is 0 Å². The average molecular weight is 200 g/mol. The highest BCUT2D eigenvalue weighted by Crippen LogP contribution is 2.18. The Balaban J connectivity index is 3.72. The highest BCUT2D eigenvalue weighted by atomic mass is 16.1. The summed E-state index contributed by atoms with van der Waals surface area (Å²) in [6, 6.07) is 0.207. The molecule has 0 fully saturated rings. The van der Waals surface area contributed by atoms with Crippen molar-refractivity contribution in [1.82, 2.24) is 10.6 Å². The van der Waals surface area contributed by atoms with Gasteiger partial charge in [-0.15, -0.1) is 0 Å². The van der Waals surface area contributed by atoms with Gasteiger partial charge in [-0.05, 0) is 25.3 Å². The van der Waals surface area contributed by atoms with Crippen LogP contribution in [0.1, 0.15) is 41.0 Å². The minimum absolute atomic E-state index is 0.0841. The van der Waals surface area contributed by atoms with Gasteiger partial charge in [0.25, 0.3) is 0 Å². The van der Waals surface area contributed by atoms with E-state index in [1.165, 1.54) is 0 Å². The number of hydrogen-bond acceptors (Lipinski definition) is 2. The van der Waals surface area contributed by atoms with E-state index < -0.39 is 0 Å². The lowest BCUT2D eigenvalue weighted by Crippen LogP contribution is -2.45. The van der Waals surface area contributed by atoms with Crippen LogP contribution < -0.4 is 10.6 Å². The Morgan fingerprint density at radius 1 is 1.36 bits per heavy atom. The van der Waals surface area contributed by atoms with Gasteiger partial charge in [0.2, 0.25) is 5.91 Å². The van der Waals surface area contributed by atoms with E-state index in [4.69, 9.17) is 0 Å². The van der Waals surface area contributed by atoms with Crippen LogP contribution in [0.15, 0.2) is 0 Å². The van der Waals surface area contributed by atoms with Crippen molar-refractivity contribution in [3.05, 3.63) is 0 Å². The summed E-state index contributed by atoms with van der Waals surface area (Å²) in [5, 5.41) is 6.06. The van der Waals surface area contributed by atoms with Gasteiger partial charge in [-0.25, -0.2) is 0 Å². The fourth-order valence-electron chi connectivity index (χ4n) is 0.888. The van der Waals surface area contributed by atoms with Crippen LogP contribution in [0.4, 0.5) is 0 Å². The van der Waals surface area contributed by atoms with E-state index in [0.29, 0.717) is 6.54 Å². The van der Waals surface area contributed by atoms with Crippen molar-refractivity contribution >= 4 is 5.91 Å². The highest BCUT2D eigenvalue weighted by molar-refractivity contribution is 5.78. The second kappa shape index (κ2) is 6.02. The third-order valence-corrected chi connectivity index (χ3v) is 2.39. The highest BCUT2D eigenvalue weighted by Gasteiger charge is 2.21. The first-order valence-electron chi connectivity index (χ1n) is 5.38. The molecule has 0 aliphatic rings. The third kappa shape index (κ3) is 5.97. The lowest BCUT2D eigenvalue weighted by atomic mass is 9.88. The molecule has 1 amide bonds. The molecule has 0 aromatic rings. The van der Waals surface area contributed by atoms with Crippen molar-refractivity contribution < 1.29 is 4.79 Å². The molecular weight excluding hydrogens is 176 g/mol. The summed E-state index contributed by atoms with van der Waals surface area (Å²) in [5.41, 5.74) is 0.125. The molecule has 14 heavy (non-hydrogen) atoms. The number of carbonyl (C=O) groups is 1. The molecule has 0 radical (unpaired) electrons. The molecule has 0 saturated heterocycles. The Morgan fingerprint density at radius 2 is 1.93 bits per heavy atom. The first-order valence-corrected chi connectivity index (χ1v) is 5.38. The van der Waals surface area contributed by atoms with Gasteiger partial charge in [0.1, 0.15) is 0 Å². The van der Waals surface area contributed by atoms with E-state index in [0.717, 1.165) is 13.0 Å². The summed E-state index contributed by atoms with van der Waals surface area (Å²) in [6.45, 7) is 11.8. The van der Waals surface area contributed by atoms with E-state index in [9.17, 15) is 4.79 Å². The summed E-state index contributed by atoms with van der Waals surface area (Å²) in [4.78, 5) is 11.4. The first kappa shape index (κ1) is 13.4. The SMILES string of the molecule is CCCNCC(=O)NC(C)C(C)(C)C. The van der Waals surface area contributed by atoms with Crippen molar-refractivity contribution in [3.8, 4) is 0 Å². The topological polar surface area (TPSA) is 41.1 Å². The van der Waals surface area contributed by atoms with Crippen LogP contribution in [0.5, 0.6) is 0 Å². The van der Waals surface area contributed by atoms with Crippen molar-refractivity contribution in [1.29, 1.82) is 0 Å². The number of hydrogen-bond donors (Lipinski definition) is 2. The number of rotatable bonds is 5. The maximum absolute atomic E-state index is 11.4. The summed E-state index contributed by atoms with van der Waals surface area (Å²) >= 11 is 0. The van der Waals surface area contributed by atoms with Gasteiger partial charge in [-0.2, -0.15) is 0 Å². The van der Waals surface area contributed by atoms with Gasteiger partial charge in [-0.1, -0.05) is 27.7 Å². The van der Waals surface area contributed by atoms with Gasteiger partial charge in [-0.3, -0.25) is 4.79 Å². The molecule has 0 aromatic heterocycles. The molecule has 84 valence electrons. The van der Waals surface area contributed by atoms with E-state index >= 15 is 0 Å². The summed E-state index contributed by atoms with van der Waals surface area (Å²) in [7, 11) is 0. The molecule has 0 aromatic carbocycles. The molecule has 0 saturated carbocycles. The molecule has 0 rings (SSSR count). The lowest BCUT2D eigenvalue weighted by molar-refractivity contribution is -0.121. The Bertz CT molecular complexity index is 173. The smallest absolute Gasteiger partial charge is 0.234 e. The molecule has 1 unspecified atom stereocenters. The van der Waals surface area contributed by atoms with Gasteiger partial charge in [0.15, 0.2) is 0 Å². The Labute approximate surface area is 87.6 Å². The van der Waals surface area contributed by atoms with E-state index in [-0.39, 0.29) is 17.4 Å². The summed E-state index contributed by atoms with van der Waals surface area (Å²) in [5.74, 6) is 0.0841. The number of amides is 1. The minimum atomic E-state index is 0.0841. The Hall–Kier alpha value is -0.570. The number of carbonyl (C=O) groups excluding carboxylic acids is 1. The third-order valence-electron chi connectivity index (χ3n) is 2.39. The monoisotopic (exact) mass is 200 g/mol. The molecule has 3 heteroatoms. The van der Waals surface area contributed by atoms with Crippen LogP contribution in [0.25, 0.3) is 0 Å². The normalized spacial score (nSPS) is 13.8. The van der Waals surface area contributed by atoms with E-state index in [1.807, 2.05) is 6.92 Å². The fraction of sp³-hybridized carbons (Fsp3) is 0.909. The predicted molar refractivity (Wildman–Crippen MR) is 60.2 cm³/mol. The molecule has 0 heterocycles.